The van der Waals surface area contributed by atoms with E-state index in [9.17, 15) is 0 Å². The van der Waals surface area contributed by atoms with Crippen molar-refractivity contribution in [2.45, 2.75) is 53.1 Å². The van der Waals surface area contributed by atoms with Crippen LogP contribution in [0.3, 0.4) is 0 Å². The van der Waals surface area contributed by atoms with Gasteiger partial charge in [0.25, 0.3) is 0 Å². The molecule has 4 heteroatoms. The Morgan fingerprint density at radius 1 is 1.50 bits per heavy atom. The smallest absolute Gasteiger partial charge is 0.0635 e. The average molecular weight is 288 g/mol. The minimum absolute atomic E-state index is 0.170. The standard InChI is InChI=1S/C12H22BrN3/c1-5-16-10(9(13)8-15-16)6-7-11(14)12(2,3)4/h8,11H,5-7,14H2,1-4H3. The Kier molecular flexibility index (Phi) is 4.56. The van der Waals surface area contributed by atoms with Gasteiger partial charge in [0.05, 0.1) is 16.4 Å². The number of nitrogens with two attached hydrogens (primary N) is 1. The second-order valence-electron chi connectivity index (χ2n) is 5.27. The van der Waals surface area contributed by atoms with E-state index in [4.69, 9.17) is 5.73 Å². The van der Waals surface area contributed by atoms with Crippen molar-refractivity contribution in [3.8, 4) is 0 Å². The molecule has 2 N–H and O–H groups in total. The predicted octanol–water partition coefficient (Wildman–Crippen LogP) is 2.97. The molecule has 0 aliphatic heterocycles. The first-order valence-electron chi connectivity index (χ1n) is 5.82. The van der Waals surface area contributed by atoms with Crippen LogP contribution in [0.2, 0.25) is 0 Å². The van der Waals surface area contributed by atoms with Gasteiger partial charge in [0.1, 0.15) is 0 Å². The van der Waals surface area contributed by atoms with E-state index in [1.54, 1.807) is 0 Å². The summed E-state index contributed by atoms with van der Waals surface area (Å²) in [5.74, 6) is 0. The Balaban J connectivity index is 2.64. The van der Waals surface area contributed by atoms with E-state index in [-0.39, 0.29) is 11.5 Å². The van der Waals surface area contributed by atoms with Crippen LogP contribution in [0, 0.1) is 5.41 Å². The largest absolute Gasteiger partial charge is 0.327 e. The lowest BCUT2D eigenvalue weighted by Gasteiger charge is -2.27. The van der Waals surface area contributed by atoms with Gasteiger partial charge in [-0.15, -0.1) is 0 Å². The van der Waals surface area contributed by atoms with Crippen LogP contribution in [0.5, 0.6) is 0 Å². The highest BCUT2D eigenvalue weighted by atomic mass is 79.9. The Hall–Kier alpha value is -0.350. The van der Waals surface area contributed by atoms with Crippen LogP contribution in [-0.4, -0.2) is 15.8 Å². The second-order valence-corrected chi connectivity index (χ2v) is 6.12. The average Bonchev–Trinajstić information content (AvgIpc) is 2.54. The number of hydrogen-bond acceptors (Lipinski definition) is 2. The molecule has 1 aromatic heterocycles. The van der Waals surface area contributed by atoms with Crippen LogP contribution in [0.25, 0.3) is 0 Å². The first kappa shape index (κ1) is 13.7. The molecule has 1 atom stereocenters. The normalized spacial score (nSPS) is 14.1. The minimum atomic E-state index is 0.170. The summed E-state index contributed by atoms with van der Waals surface area (Å²) >= 11 is 3.53. The SMILES string of the molecule is CCn1ncc(Br)c1CCC(N)C(C)(C)C. The molecule has 1 rings (SSSR count). The molecule has 0 aromatic carbocycles. The highest BCUT2D eigenvalue weighted by Gasteiger charge is 2.21. The van der Waals surface area contributed by atoms with Gasteiger partial charge >= 0.3 is 0 Å². The maximum Gasteiger partial charge on any atom is 0.0635 e. The third-order valence-corrected chi connectivity index (χ3v) is 3.66. The minimum Gasteiger partial charge on any atom is -0.327 e. The summed E-state index contributed by atoms with van der Waals surface area (Å²) in [6.45, 7) is 9.57. The number of nitrogens with zero attached hydrogens (tertiary/aromatic N) is 2. The molecular weight excluding hydrogens is 266 g/mol. The Morgan fingerprint density at radius 3 is 2.62 bits per heavy atom. The van der Waals surface area contributed by atoms with E-state index in [2.05, 4.69) is 48.7 Å². The van der Waals surface area contributed by atoms with E-state index >= 15 is 0 Å². The van der Waals surface area contributed by atoms with E-state index < -0.39 is 0 Å². The quantitative estimate of drug-likeness (QED) is 0.925. The highest BCUT2D eigenvalue weighted by molar-refractivity contribution is 9.10. The van der Waals surface area contributed by atoms with Crippen LogP contribution < -0.4 is 5.73 Å². The number of aromatic nitrogens is 2. The molecule has 0 spiro atoms. The lowest BCUT2D eigenvalue weighted by atomic mass is 9.84. The van der Waals surface area contributed by atoms with Gasteiger partial charge in [-0.2, -0.15) is 5.10 Å². The molecule has 3 nitrogen and oxygen atoms in total. The predicted molar refractivity (Wildman–Crippen MR) is 71.4 cm³/mol. The molecule has 92 valence electrons. The maximum atomic E-state index is 6.16. The molecule has 0 saturated heterocycles. The molecular formula is C12H22BrN3. The molecule has 1 heterocycles. The lowest BCUT2D eigenvalue weighted by Crippen LogP contribution is -2.35. The van der Waals surface area contributed by atoms with Crippen LogP contribution in [0.1, 0.15) is 39.8 Å². The first-order valence-corrected chi connectivity index (χ1v) is 6.61. The molecule has 0 bridgehead atoms. The van der Waals surface area contributed by atoms with Crippen molar-refractivity contribution in [2.24, 2.45) is 11.1 Å². The van der Waals surface area contributed by atoms with Crippen LogP contribution in [-0.2, 0) is 13.0 Å². The van der Waals surface area contributed by atoms with Crippen LogP contribution in [0.4, 0.5) is 0 Å². The number of hydrogen-bond donors (Lipinski definition) is 1. The van der Waals surface area contributed by atoms with Gasteiger partial charge in [0.15, 0.2) is 0 Å². The third kappa shape index (κ3) is 3.32. The van der Waals surface area contributed by atoms with E-state index in [0.717, 1.165) is 23.9 Å². The summed E-state index contributed by atoms with van der Waals surface area (Å²) < 4.78 is 3.12. The molecule has 16 heavy (non-hydrogen) atoms. The topological polar surface area (TPSA) is 43.8 Å². The van der Waals surface area contributed by atoms with Gasteiger partial charge in [-0.1, -0.05) is 20.8 Å². The van der Waals surface area contributed by atoms with Crippen molar-refractivity contribution in [1.82, 2.24) is 9.78 Å². The van der Waals surface area contributed by atoms with Gasteiger partial charge in [0, 0.05) is 12.6 Å². The van der Waals surface area contributed by atoms with Crippen molar-refractivity contribution in [3.63, 3.8) is 0 Å². The summed E-state index contributed by atoms with van der Waals surface area (Å²) in [6, 6.07) is 0.222. The van der Waals surface area contributed by atoms with E-state index in [1.807, 2.05) is 10.9 Å². The second kappa shape index (κ2) is 5.32. The van der Waals surface area contributed by atoms with Crippen molar-refractivity contribution in [1.29, 1.82) is 0 Å². The van der Waals surface area contributed by atoms with Crippen LogP contribution >= 0.6 is 15.9 Å². The fourth-order valence-electron chi connectivity index (χ4n) is 1.63. The molecule has 0 fully saturated rings. The monoisotopic (exact) mass is 287 g/mol. The molecule has 1 unspecified atom stereocenters. The van der Waals surface area contributed by atoms with Gasteiger partial charge in [-0.25, -0.2) is 0 Å². The third-order valence-electron chi connectivity index (χ3n) is 3.00. The molecule has 0 aliphatic carbocycles. The molecule has 0 amide bonds. The van der Waals surface area contributed by atoms with E-state index in [1.165, 1.54) is 5.69 Å². The fourth-order valence-corrected chi connectivity index (χ4v) is 2.13. The van der Waals surface area contributed by atoms with Crippen LogP contribution in [0.15, 0.2) is 10.7 Å². The Labute approximate surface area is 107 Å². The lowest BCUT2D eigenvalue weighted by molar-refractivity contribution is 0.304. The van der Waals surface area contributed by atoms with Crippen molar-refractivity contribution >= 4 is 15.9 Å². The summed E-state index contributed by atoms with van der Waals surface area (Å²) in [4.78, 5) is 0. The molecule has 0 aliphatic rings. The first-order chi connectivity index (χ1) is 7.36. The van der Waals surface area contributed by atoms with Crippen molar-refractivity contribution in [3.05, 3.63) is 16.4 Å². The van der Waals surface area contributed by atoms with Gasteiger partial charge in [-0.3, -0.25) is 4.68 Å². The van der Waals surface area contributed by atoms with Gasteiger partial charge in [-0.05, 0) is 41.1 Å². The molecule has 0 saturated carbocycles. The van der Waals surface area contributed by atoms with Gasteiger partial charge in [0.2, 0.25) is 0 Å². The zero-order chi connectivity index (χ0) is 12.3. The fraction of sp³-hybridized carbons (Fsp3) is 0.750. The zero-order valence-corrected chi connectivity index (χ0v) is 12.2. The zero-order valence-electron chi connectivity index (χ0n) is 10.6. The molecule has 1 aromatic rings. The van der Waals surface area contributed by atoms with E-state index in [0.29, 0.717) is 0 Å². The molecule has 0 radical (unpaired) electrons. The summed E-state index contributed by atoms with van der Waals surface area (Å²) in [5.41, 5.74) is 7.59. The van der Waals surface area contributed by atoms with Crippen molar-refractivity contribution < 1.29 is 0 Å². The number of rotatable bonds is 4. The Bertz CT molecular complexity index is 339. The maximum absolute atomic E-state index is 6.16. The Morgan fingerprint density at radius 2 is 2.12 bits per heavy atom. The van der Waals surface area contributed by atoms with Crippen molar-refractivity contribution in [2.75, 3.05) is 0 Å². The number of aryl methyl sites for hydroxylation is 1. The summed E-state index contributed by atoms with van der Waals surface area (Å²) in [7, 11) is 0. The van der Waals surface area contributed by atoms with Gasteiger partial charge < -0.3 is 5.73 Å². The number of halogens is 1. The summed E-state index contributed by atoms with van der Waals surface area (Å²) in [5, 5.41) is 4.30. The summed E-state index contributed by atoms with van der Waals surface area (Å²) in [6.07, 6.45) is 3.84. The highest BCUT2D eigenvalue weighted by Crippen LogP contribution is 2.23.